The van der Waals surface area contributed by atoms with Gasteiger partial charge in [0, 0.05) is 6.04 Å². The zero-order chi connectivity index (χ0) is 14.3. The summed E-state index contributed by atoms with van der Waals surface area (Å²) in [7, 11) is 0. The van der Waals surface area contributed by atoms with Crippen LogP contribution < -0.4 is 5.73 Å². The molecule has 0 aliphatic heterocycles. The van der Waals surface area contributed by atoms with E-state index in [0.717, 1.165) is 19.3 Å². The van der Waals surface area contributed by atoms with E-state index >= 15 is 0 Å². The van der Waals surface area contributed by atoms with Gasteiger partial charge in [-0.1, -0.05) is 51.5 Å². The van der Waals surface area contributed by atoms with Gasteiger partial charge in [0.1, 0.15) is 0 Å². The lowest BCUT2D eigenvalue weighted by Crippen LogP contribution is -2.34. The Hall–Kier alpha value is -0.860. The molecular weight excluding hydrogens is 234 g/mol. The average molecular weight is 263 g/mol. The second-order valence-electron chi connectivity index (χ2n) is 5.62. The van der Waals surface area contributed by atoms with Crippen LogP contribution in [0.5, 0.6) is 0 Å². The molecule has 2 nitrogen and oxygen atoms in total. The smallest absolute Gasteiger partial charge is 0.0696 e. The summed E-state index contributed by atoms with van der Waals surface area (Å²) in [6.45, 7) is 6.39. The van der Waals surface area contributed by atoms with Gasteiger partial charge in [0.05, 0.1) is 6.10 Å². The summed E-state index contributed by atoms with van der Waals surface area (Å²) in [6.07, 6.45) is 4.81. The number of benzene rings is 1. The molecule has 108 valence electrons. The molecular formula is C17H29NO. The molecule has 0 saturated carbocycles. The van der Waals surface area contributed by atoms with Gasteiger partial charge in [-0.25, -0.2) is 0 Å². The average Bonchev–Trinajstić information content (AvgIpc) is 2.44. The van der Waals surface area contributed by atoms with Gasteiger partial charge < -0.3 is 10.8 Å². The SMILES string of the molecule is CCCCc1ccc(C(C)CC(O)C(N)CC)cc1. The van der Waals surface area contributed by atoms with Gasteiger partial charge in [0.25, 0.3) is 0 Å². The van der Waals surface area contributed by atoms with Crippen LogP contribution >= 0.6 is 0 Å². The van der Waals surface area contributed by atoms with Crippen LogP contribution in [0.4, 0.5) is 0 Å². The van der Waals surface area contributed by atoms with Gasteiger partial charge in [-0.05, 0) is 42.7 Å². The second kappa shape index (κ2) is 8.34. The molecule has 0 fully saturated rings. The van der Waals surface area contributed by atoms with Crippen LogP contribution in [0.25, 0.3) is 0 Å². The minimum Gasteiger partial charge on any atom is -0.391 e. The standard InChI is InChI=1S/C17H29NO/c1-4-6-7-14-8-10-15(11-9-14)13(3)12-17(19)16(18)5-2/h8-11,13,16-17,19H,4-7,12,18H2,1-3H3. The Morgan fingerprint density at radius 3 is 2.32 bits per heavy atom. The van der Waals surface area contributed by atoms with Crippen molar-refractivity contribution in [1.29, 1.82) is 0 Å². The van der Waals surface area contributed by atoms with E-state index in [-0.39, 0.29) is 6.04 Å². The Labute approximate surface area is 118 Å². The van der Waals surface area contributed by atoms with Crippen molar-refractivity contribution < 1.29 is 5.11 Å². The van der Waals surface area contributed by atoms with Crippen LogP contribution in [0.1, 0.15) is 63.5 Å². The number of hydrogen-bond acceptors (Lipinski definition) is 2. The minimum absolute atomic E-state index is 0.105. The van der Waals surface area contributed by atoms with Gasteiger partial charge >= 0.3 is 0 Å². The number of unbranched alkanes of at least 4 members (excludes halogenated alkanes) is 1. The van der Waals surface area contributed by atoms with Gasteiger partial charge in [0.2, 0.25) is 0 Å². The van der Waals surface area contributed by atoms with Gasteiger partial charge in [-0.2, -0.15) is 0 Å². The van der Waals surface area contributed by atoms with Crippen LogP contribution in [-0.2, 0) is 6.42 Å². The first-order valence-electron chi connectivity index (χ1n) is 7.60. The number of rotatable bonds is 8. The lowest BCUT2D eigenvalue weighted by atomic mass is 9.91. The number of aliphatic hydroxyl groups excluding tert-OH is 1. The van der Waals surface area contributed by atoms with Crippen LogP contribution in [0.2, 0.25) is 0 Å². The molecule has 1 rings (SSSR count). The molecule has 0 heterocycles. The molecule has 0 amide bonds. The Morgan fingerprint density at radius 2 is 1.79 bits per heavy atom. The van der Waals surface area contributed by atoms with Crippen molar-refractivity contribution in [3.8, 4) is 0 Å². The monoisotopic (exact) mass is 263 g/mol. The van der Waals surface area contributed by atoms with Crippen LogP contribution in [0.15, 0.2) is 24.3 Å². The summed E-state index contributed by atoms with van der Waals surface area (Å²) in [5.41, 5.74) is 8.57. The third-order valence-corrected chi connectivity index (χ3v) is 3.93. The first-order valence-corrected chi connectivity index (χ1v) is 7.60. The summed E-state index contributed by atoms with van der Waals surface area (Å²) in [4.78, 5) is 0. The largest absolute Gasteiger partial charge is 0.391 e. The Kier molecular flexibility index (Phi) is 7.11. The maximum absolute atomic E-state index is 10.00. The fraction of sp³-hybridized carbons (Fsp3) is 0.647. The van der Waals surface area contributed by atoms with E-state index in [2.05, 4.69) is 38.1 Å². The van der Waals surface area contributed by atoms with Crippen molar-refractivity contribution in [2.24, 2.45) is 5.73 Å². The summed E-state index contributed by atoms with van der Waals surface area (Å²) >= 11 is 0. The normalized spacial score (nSPS) is 16.1. The van der Waals surface area contributed by atoms with Crippen molar-refractivity contribution in [3.63, 3.8) is 0 Å². The minimum atomic E-state index is -0.403. The van der Waals surface area contributed by atoms with Gasteiger partial charge in [-0.15, -0.1) is 0 Å². The number of hydrogen-bond donors (Lipinski definition) is 2. The second-order valence-corrected chi connectivity index (χ2v) is 5.62. The summed E-state index contributed by atoms with van der Waals surface area (Å²) in [5.74, 6) is 0.354. The highest BCUT2D eigenvalue weighted by Gasteiger charge is 2.17. The highest BCUT2D eigenvalue weighted by molar-refractivity contribution is 5.25. The molecule has 1 aromatic rings. The summed E-state index contributed by atoms with van der Waals surface area (Å²) < 4.78 is 0. The Morgan fingerprint density at radius 1 is 1.16 bits per heavy atom. The highest BCUT2D eigenvalue weighted by Crippen LogP contribution is 2.22. The Balaban J connectivity index is 2.55. The van der Waals surface area contributed by atoms with Crippen molar-refractivity contribution >= 4 is 0 Å². The number of nitrogens with two attached hydrogens (primary N) is 1. The molecule has 1 aromatic carbocycles. The lowest BCUT2D eigenvalue weighted by molar-refractivity contribution is 0.126. The zero-order valence-corrected chi connectivity index (χ0v) is 12.6. The highest BCUT2D eigenvalue weighted by atomic mass is 16.3. The van der Waals surface area contributed by atoms with Crippen molar-refractivity contribution in [3.05, 3.63) is 35.4 Å². The predicted octanol–water partition coefficient (Wildman–Crippen LogP) is 3.62. The van der Waals surface area contributed by atoms with Crippen molar-refractivity contribution in [1.82, 2.24) is 0 Å². The molecule has 0 bridgehead atoms. The molecule has 0 radical (unpaired) electrons. The van der Waals surface area contributed by atoms with Crippen LogP contribution in [-0.4, -0.2) is 17.3 Å². The fourth-order valence-corrected chi connectivity index (χ4v) is 2.34. The topological polar surface area (TPSA) is 46.2 Å². The molecule has 19 heavy (non-hydrogen) atoms. The molecule has 2 heteroatoms. The van der Waals surface area contributed by atoms with Crippen molar-refractivity contribution in [2.75, 3.05) is 0 Å². The third-order valence-electron chi connectivity index (χ3n) is 3.93. The quantitative estimate of drug-likeness (QED) is 0.752. The molecule has 3 N–H and O–H groups in total. The zero-order valence-electron chi connectivity index (χ0n) is 12.6. The predicted molar refractivity (Wildman–Crippen MR) is 82.4 cm³/mol. The Bertz CT molecular complexity index is 347. The van der Waals surface area contributed by atoms with E-state index < -0.39 is 6.10 Å². The van der Waals surface area contributed by atoms with Gasteiger partial charge in [0.15, 0.2) is 0 Å². The molecule has 0 aliphatic carbocycles. The molecule has 3 unspecified atom stereocenters. The maximum atomic E-state index is 10.00. The fourth-order valence-electron chi connectivity index (χ4n) is 2.34. The molecule has 0 spiro atoms. The lowest BCUT2D eigenvalue weighted by Gasteiger charge is -2.21. The first-order chi connectivity index (χ1) is 9.08. The van der Waals surface area contributed by atoms with Crippen LogP contribution in [0.3, 0.4) is 0 Å². The van der Waals surface area contributed by atoms with E-state index in [9.17, 15) is 5.11 Å². The van der Waals surface area contributed by atoms with E-state index in [1.165, 1.54) is 24.0 Å². The van der Waals surface area contributed by atoms with Gasteiger partial charge in [-0.3, -0.25) is 0 Å². The van der Waals surface area contributed by atoms with E-state index in [1.54, 1.807) is 0 Å². The van der Waals surface area contributed by atoms with E-state index in [4.69, 9.17) is 5.73 Å². The number of aliphatic hydroxyl groups is 1. The third kappa shape index (κ3) is 5.33. The number of aryl methyl sites for hydroxylation is 1. The summed E-state index contributed by atoms with van der Waals surface area (Å²) in [5, 5.41) is 10.00. The molecule has 0 aromatic heterocycles. The molecule has 0 aliphatic rings. The van der Waals surface area contributed by atoms with E-state index in [1.807, 2.05) is 6.92 Å². The maximum Gasteiger partial charge on any atom is 0.0696 e. The van der Waals surface area contributed by atoms with E-state index in [0.29, 0.717) is 5.92 Å². The van der Waals surface area contributed by atoms with Crippen LogP contribution in [0, 0.1) is 0 Å². The molecule has 3 atom stereocenters. The first kappa shape index (κ1) is 16.2. The summed E-state index contributed by atoms with van der Waals surface area (Å²) in [6, 6.07) is 8.72. The molecule has 0 saturated heterocycles. The van der Waals surface area contributed by atoms with Crippen molar-refractivity contribution in [2.45, 2.75) is 70.9 Å².